The molecule has 0 aromatic carbocycles. The van der Waals surface area contributed by atoms with Gasteiger partial charge in [-0.25, -0.2) is 19.9 Å². The van der Waals surface area contributed by atoms with E-state index in [0.29, 0.717) is 36.7 Å². The number of nitrogens with zero attached hydrogens (tertiary/aromatic N) is 6. The highest BCUT2D eigenvalue weighted by Crippen LogP contribution is 2.37. The van der Waals surface area contributed by atoms with Crippen LogP contribution in [0.5, 0.6) is 0 Å². The number of morpholine rings is 1. The number of carbonyl (C=O) groups excluding carboxylic acids is 1. The standard InChI is InChI=1S/C20H23N7O2/c1-20(2)7-13-16(15(28)8-20)27-11-14(12-9-22-19(21)23-10-12)25-17(18(27)24-13)26-3-5-29-6-4-26/h9-11H,3-8H2,1-2H3,(H2,21,22,23). The molecule has 29 heavy (non-hydrogen) atoms. The number of aromatic nitrogens is 5. The monoisotopic (exact) mass is 393 g/mol. The highest BCUT2D eigenvalue weighted by atomic mass is 16.5. The highest BCUT2D eigenvalue weighted by molar-refractivity contribution is 5.98. The van der Waals surface area contributed by atoms with Gasteiger partial charge in [0.15, 0.2) is 17.2 Å². The number of carbonyl (C=O) groups is 1. The molecule has 2 N–H and O–H groups in total. The maximum atomic E-state index is 13.0. The molecule has 3 aromatic rings. The fourth-order valence-electron chi connectivity index (χ4n) is 4.13. The number of hydrogen-bond acceptors (Lipinski definition) is 8. The Morgan fingerprint density at radius 3 is 2.55 bits per heavy atom. The van der Waals surface area contributed by atoms with Crippen molar-refractivity contribution in [1.82, 2.24) is 24.3 Å². The van der Waals surface area contributed by atoms with Crippen LogP contribution in [0.4, 0.5) is 11.8 Å². The Hall–Kier alpha value is -3.07. The molecular formula is C20H23N7O2. The molecule has 1 aliphatic heterocycles. The van der Waals surface area contributed by atoms with Gasteiger partial charge in [-0.05, 0) is 11.8 Å². The minimum atomic E-state index is -0.0950. The molecule has 1 saturated heterocycles. The molecule has 0 bridgehead atoms. The second-order valence-electron chi connectivity index (χ2n) is 8.42. The SMILES string of the molecule is CC1(C)CC(=O)c2c(nc3c(N4CCOCC4)nc(-c4cnc(N)nc4)cn23)C1. The third kappa shape index (κ3) is 3.11. The van der Waals surface area contributed by atoms with E-state index in [0.717, 1.165) is 36.6 Å². The first-order valence-corrected chi connectivity index (χ1v) is 9.77. The average Bonchev–Trinajstić information content (AvgIpc) is 3.05. The lowest BCUT2D eigenvalue weighted by atomic mass is 9.77. The summed E-state index contributed by atoms with van der Waals surface area (Å²) in [4.78, 5) is 33.1. The number of imidazole rings is 1. The third-order valence-corrected chi connectivity index (χ3v) is 5.49. The third-order valence-electron chi connectivity index (χ3n) is 5.49. The molecule has 9 nitrogen and oxygen atoms in total. The molecule has 150 valence electrons. The van der Waals surface area contributed by atoms with Gasteiger partial charge in [0.2, 0.25) is 5.95 Å². The van der Waals surface area contributed by atoms with Gasteiger partial charge in [-0.3, -0.25) is 9.20 Å². The first-order chi connectivity index (χ1) is 13.9. The summed E-state index contributed by atoms with van der Waals surface area (Å²) >= 11 is 0. The fourth-order valence-corrected chi connectivity index (χ4v) is 4.13. The fraction of sp³-hybridized carbons (Fsp3) is 0.450. The van der Waals surface area contributed by atoms with Gasteiger partial charge in [0.25, 0.3) is 0 Å². The second kappa shape index (κ2) is 6.48. The summed E-state index contributed by atoms with van der Waals surface area (Å²) in [5, 5.41) is 0. The van der Waals surface area contributed by atoms with Crippen LogP contribution >= 0.6 is 0 Å². The van der Waals surface area contributed by atoms with Crippen LogP contribution in [0.25, 0.3) is 16.9 Å². The lowest BCUT2D eigenvalue weighted by Gasteiger charge is -2.28. The summed E-state index contributed by atoms with van der Waals surface area (Å²) in [5.41, 5.74) is 9.17. The predicted molar refractivity (Wildman–Crippen MR) is 108 cm³/mol. The van der Waals surface area contributed by atoms with E-state index in [1.54, 1.807) is 12.4 Å². The van der Waals surface area contributed by atoms with Crippen molar-refractivity contribution in [2.75, 3.05) is 36.9 Å². The van der Waals surface area contributed by atoms with E-state index in [2.05, 4.69) is 28.7 Å². The molecule has 5 rings (SSSR count). The Bertz CT molecular complexity index is 1100. The zero-order valence-corrected chi connectivity index (χ0v) is 16.6. The summed E-state index contributed by atoms with van der Waals surface area (Å²) < 4.78 is 7.40. The maximum absolute atomic E-state index is 13.0. The average molecular weight is 393 g/mol. The summed E-state index contributed by atoms with van der Waals surface area (Å²) in [7, 11) is 0. The van der Waals surface area contributed by atoms with E-state index >= 15 is 0 Å². The summed E-state index contributed by atoms with van der Waals surface area (Å²) in [6.07, 6.45) is 6.42. The van der Waals surface area contributed by atoms with E-state index in [1.165, 1.54) is 0 Å². The number of ketones is 1. The molecule has 4 heterocycles. The Morgan fingerprint density at radius 1 is 1.10 bits per heavy atom. The minimum Gasteiger partial charge on any atom is -0.378 e. The van der Waals surface area contributed by atoms with Crippen LogP contribution in [0, 0.1) is 5.41 Å². The van der Waals surface area contributed by atoms with Gasteiger partial charge in [-0.2, -0.15) is 0 Å². The second-order valence-corrected chi connectivity index (χ2v) is 8.42. The van der Waals surface area contributed by atoms with Crippen molar-refractivity contribution in [2.24, 2.45) is 5.41 Å². The van der Waals surface area contributed by atoms with Crippen LogP contribution in [0.3, 0.4) is 0 Å². The predicted octanol–water partition coefficient (Wildman–Crippen LogP) is 1.76. The zero-order valence-electron chi connectivity index (χ0n) is 16.6. The smallest absolute Gasteiger partial charge is 0.219 e. The molecule has 1 aliphatic carbocycles. The molecule has 0 unspecified atom stereocenters. The van der Waals surface area contributed by atoms with E-state index in [9.17, 15) is 4.79 Å². The molecule has 0 saturated carbocycles. The number of anilines is 2. The van der Waals surface area contributed by atoms with Crippen molar-refractivity contribution in [3.8, 4) is 11.3 Å². The van der Waals surface area contributed by atoms with E-state index < -0.39 is 0 Å². The van der Waals surface area contributed by atoms with Gasteiger partial charge in [0.1, 0.15) is 5.69 Å². The quantitative estimate of drug-likeness (QED) is 0.701. The number of fused-ring (bicyclic) bond motifs is 3. The maximum Gasteiger partial charge on any atom is 0.219 e. The normalized spacial score (nSPS) is 18.8. The van der Waals surface area contributed by atoms with Gasteiger partial charge >= 0.3 is 0 Å². The molecule has 0 radical (unpaired) electrons. The molecule has 0 spiro atoms. The minimum absolute atomic E-state index is 0.0950. The summed E-state index contributed by atoms with van der Waals surface area (Å²) in [5.74, 6) is 1.07. The van der Waals surface area contributed by atoms with E-state index in [-0.39, 0.29) is 17.1 Å². The number of rotatable bonds is 2. The van der Waals surface area contributed by atoms with Crippen molar-refractivity contribution in [3.05, 3.63) is 30.0 Å². The van der Waals surface area contributed by atoms with Gasteiger partial charge in [-0.15, -0.1) is 0 Å². The van der Waals surface area contributed by atoms with Crippen LogP contribution in [0.1, 0.15) is 36.5 Å². The number of Topliss-reactive ketones (excluding diaryl/α,β-unsaturated/α-hetero) is 1. The van der Waals surface area contributed by atoms with E-state index in [4.69, 9.17) is 20.4 Å². The first-order valence-electron chi connectivity index (χ1n) is 9.77. The molecule has 0 amide bonds. The van der Waals surface area contributed by atoms with Crippen molar-refractivity contribution in [2.45, 2.75) is 26.7 Å². The Balaban J connectivity index is 1.74. The summed E-state index contributed by atoms with van der Waals surface area (Å²) in [6, 6.07) is 0. The van der Waals surface area contributed by atoms with Crippen LogP contribution < -0.4 is 10.6 Å². The lowest BCUT2D eigenvalue weighted by molar-refractivity contribution is 0.0904. The highest BCUT2D eigenvalue weighted by Gasteiger charge is 2.35. The largest absolute Gasteiger partial charge is 0.378 e. The molecule has 1 fully saturated rings. The van der Waals surface area contributed by atoms with Crippen molar-refractivity contribution in [1.29, 1.82) is 0 Å². The van der Waals surface area contributed by atoms with Crippen molar-refractivity contribution >= 4 is 23.2 Å². The van der Waals surface area contributed by atoms with E-state index in [1.807, 2.05) is 10.6 Å². The van der Waals surface area contributed by atoms with Gasteiger partial charge in [0.05, 0.1) is 24.6 Å². The molecule has 9 heteroatoms. The van der Waals surface area contributed by atoms with Crippen molar-refractivity contribution in [3.63, 3.8) is 0 Å². The number of nitrogen functional groups attached to an aromatic ring is 1. The van der Waals surface area contributed by atoms with Crippen LogP contribution in [-0.2, 0) is 11.2 Å². The van der Waals surface area contributed by atoms with Crippen LogP contribution in [-0.4, -0.2) is 56.4 Å². The molecule has 0 atom stereocenters. The summed E-state index contributed by atoms with van der Waals surface area (Å²) in [6.45, 7) is 6.93. The molecular weight excluding hydrogens is 370 g/mol. The van der Waals surface area contributed by atoms with Crippen LogP contribution in [0.15, 0.2) is 18.6 Å². The lowest BCUT2D eigenvalue weighted by Crippen LogP contribution is -2.37. The Morgan fingerprint density at radius 2 is 1.83 bits per heavy atom. The zero-order chi connectivity index (χ0) is 20.2. The topological polar surface area (TPSA) is 112 Å². The van der Waals surface area contributed by atoms with Crippen molar-refractivity contribution < 1.29 is 9.53 Å². The van der Waals surface area contributed by atoms with Gasteiger partial charge in [0, 0.05) is 43.7 Å². The molecule has 3 aromatic heterocycles. The Kier molecular flexibility index (Phi) is 4.02. The number of hydrogen-bond donors (Lipinski definition) is 1. The van der Waals surface area contributed by atoms with Gasteiger partial charge in [-0.1, -0.05) is 13.8 Å². The Labute approximate surface area is 167 Å². The number of ether oxygens (including phenoxy) is 1. The van der Waals surface area contributed by atoms with Crippen LogP contribution in [0.2, 0.25) is 0 Å². The number of nitrogens with two attached hydrogens (primary N) is 1. The first kappa shape index (κ1) is 18.0. The molecule has 2 aliphatic rings. The van der Waals surface area contributed by atoms with Gasteiger partial charge < -0.3 is 15.4 Å².